The van der Waals surface area contributed by atoms with Gasteiger partial charge in [-0.3, -0.25) is 9.59 Å². The van der Waals surface area contributed by atoms with Crippen LogP contribution in [0.1, 0.15) is 5.56 Å². The van der Waals surface area contributed by atoms with Crippen molar-refractivity contribution in [3.63, 3.8) is 0 Å². The first-order valence-electron chi connectivity index (χ1n) is 7.47. The second kappa shape index (κ2) is 5.59. The molecule has 7 heteroatoms. The summed E-state index contributed by atoms with van der Waals surface area (Å²) in [7, 11) is 3.77. The van der Waals surface area contributed by atoms with Crippen LogP contribution < -0.4 is 4.90 Å². The first-order chi connectivity index (χ1) is 11.8. The number of fused-ring (bicyclic) bond motifs is 1. The van der Waals surface area contributed by atoms with E-state index >= 15 is 0 Å². The molecule has 2 aliphatic rings. The average molecular weight is 374 g/mol. The van der Waals surface area contributed by atoms with Crippen molar-refractivity contribution < 1.29 is 9.59 Å². The summed E-state index contributed by atoms with van der Waals surface area (Å²) in [4.78, 5) is 27.3. The SMILES string of the molecule is CN(C)c1ccc(C2=C[C@]3(C#N)C(=O)C(Cl)C(Cl)C(=O)[C@]23C#N)cc1. The summed E-state index contributed by atoms with van der Waals surface area (Å²) in [6, 6.07) is 10.9. The van der Waals surface area contributed by atoms with Crippen molar-refractivity contribution in [2.24, 2.45) is 10.8 Å². The molecule has 1 fully saturated rings. The Kier molecular flexibility index (Phi) is 3.91. The molecule has 0 amide bonds. The molecular weight excluding hydrogens is 361 g/mol. The first-order valence-corrected chi connectivity index (χ1v) is 8.34. The molecule has 0 heterocycles. The zero-order chi connectivity index (χ0) is 18.6. The second-order valence-electron chi connectivity index (χ2n) is 6.31. The number of anilines is 1. The highest BCUT2D eigenvalue weighted by atomic mass is 35.5. The van der Waals surface area contributed by atoms with Gasteiger partial charge in [0.25, 0.3) is 0 Å². The topological polar surface area (TPSA) is 85.0 Å². The zero-order valence-electron chi connectivity index (χ0n) is 13.5. The van der Waals surface area contributed by atoms with E-state index in [-0.39, 0.29) is 0 Å². The molecule has 1 saturated carbocycles. The Labute approximate surface area is 155 Å². The minimum Gasteiger partial charge on any atom is -0.378 e. The maximum atomic E-state index is 12.8. The Balaban J connectivity index is 2.20. The lowest BCUT2D eigenvalue weighted by Crippen LogP contribution is -2.66. The van der Waals surface area contributed by atoms with Crippen LogP contribution in [-0.2, 0) is 9.59 Å². The van der Waals surface area contributed by atoms with Gasteiger partial charge in [-0.25, -0.2) is 0 Å². The summed E-state index contributed by atoms with van der Waals surface area (Å²) < 4.78 is 0. The molecular formula is C18H13Cl2N3O2. The highest BCUT2D eigenvalue weighted by Gasteiger charge is 2.75. The quantitative estimate of drug-likeness (QED) is 0.743. The summed E-state index contributed by atoms with van der Waals surface area (Å²) in [6.07, 6.45) is 1.37. The Bertz CT molecular complexity index is 894. The molecule has 0 aromatic heterocycles. The summed E-state index contributed by atoms with van der Waals surface area (Å²) in [5.41, 5.74) is -1.95. The van der Waals surface area contributed by atoms with Crippen LogP contribution in [0.25, 0.3) is 5.57 Å². The molecule has 0 radical (unpaired) electrons. The van der Waals surface area contributed by atoms with Gasteiger partial charge in [-0.15, -0.1) is 23.2 Å². The summed E-state index contributed by atoms with van der Waals surface area (Å²) >= 11 is 12.0. The van der Waals surface area contributed by atoms with Crippen molar-refractivity contribution in [2.75, 3.05) is 19.0 Å². The highest BCUT2D eigenvalue weighted by molar-refractivity contribution is 6.48. The average Bonchev–Trinajstić information content (AvgIpc) is 2.60. The largest absolute Gasteiger partial charge is 0.378 e. The summed E-state index contributed by atoms with van der Waals surface area (Å²) in [5, 5.41) is 16.7. The number of carbonyl (C=O) groups excluding carboxylic acids is 2. The van der Waals surface area contributed by atoms with Crippen molar-refractivity contribution in [3.8, 4) is 12.1 Å². The standard InChI is InChI=1S/C18H13Cl2N3O2/c1-23(2)11-5-3-10(4-6-11)12-7-17(8-21)15(24)13(19)14(20)16(25)18(12,17)9-22/h3-7,13-14H,1-2H3/t13?,14?,17-,18-/m0/s1. The lowest BCUT2D eigenvalue weighted by molar-refractivity contribution is -0.141. The minimum absolute atomic E-state index is 0.328. The highest BCUT2D eigenvalue weighted by Crippen LogP contribution is 2.64. The van der Waals surface area contributed by atoms with Gasteiger partial charge in [0.05, 0.1) is 12.1 Å². The van der Waals surface area contributed by atoms with Gasteiger partial charge in [-0.1, -0.05) is 12.1 Å². The number of rotatable bonds is 2. The molecule has 25 heavy (non-hydrogen) atoms. The third-order valence-corrected chi connectivity index (χ3v) is 5.94. The smallest absolute Gasteiger partial charge is 0.179 e. The van der Waals surface area contributed by atoms with Crippen molar-refractivity contribution in [1.82, 2.24) is 0 Å². The summed E-state index contributed by atoms with van der Waals surface area (Å²) in [6.45, 7) is 0. The number of alkyl halides is 2. The molecule has 2 unspecified atom stereocenters. The van der Waals surface area contributed by atoms with E-state index < -0.39 is 33.2 Å². The second-order valence-corrected chi connectivity index (χ2v) is 7.25. The lowest BCUT2D eigenvalue weighted by Gasteiger charge is -2.52. The van der Waals surface area contributed by atoms with Crippen molar-refractivity contribution >= 4 is 46.0 Å². The Hall–Kier alpha value is -2.34. The third kappa shape index (κ3) is 1.94. The molecule has 1 aromatic rings. The van der Waals surface area contributed by atoms with Crippen molar-refractivity contribution in [2.45, 2.75) is 10.8 Å². The molecule has 0 N–H and O–H groups in total. The minimum atomic E-state index is -1.92. The molecule has 1 aromatic carbocycles. The molecule has 126 valence electrons. The van der Waals surface area contributed by atoms with Gasteiger partial charge in [0.2, 0.25) is 0 Å². The van der Waals surface area contributed by atoms with E-state index in [2.05, 4.69) is 0 Å². The Morgan fingerprint density at radius 3 is 2.04 bits per heavy atom. The lowest BCUT2D eigenvalue weighted by atomic mass is 9.44. The van der Waals surface area contributed by atoms with E-state index in [9.17, 15) is 20.1 Å². The van der Waals surface area contributed by atoms with Crippen LogP contribution in [0, 0.1) is 33.5 Å². The number of allylic oxidation sites excluding steroid dienone is 2. The van der Waals surface area contributed by atoms with Crippen LogP contribution >= 0.6 is 23.2 Å². The molecule has 0 saturated heterocycles. The van der Waals surface area contributed by atoms with Gasteiger partial charge in [0.15, 0.2) is 22.4 Å². The van der Waals surface area contributed by atoms with Crippen LogP contribution in [0.2, 0.25) is 0 Å². The van der Waals surface area contributed by atoms with Crippen LogP contribution in [0.3, 0.4) is 0 Å². The number of halogens is 2. The van der Waals surface area contributed by atoms with Gasteiger partial charge in [-0.2, -0.15) is 10.5 Å². The molecule has 0 aliphatic heterocycles. The fraction of sp³-hybridized carbons (Fsp3) is 0.333. The van der Waals surface area contributed by atoms with Gasteiger partial charge in [0.1, 0.15) is 10.8 Å². The Morgan fingerprint density at radius 1 is 1.00 bits per heavy atom. The van der Waals surface area contributed by atoms with Crippen LogP contribution in [-0.4, -0.2) is 36.4 Å². The number of hydrogen-bond donors (Lipinski definition) is 0. The number of nitrogens with zero attached hydrogens (tertiary/aromatic N) is 3. The maximum absolute atomic E-state index is 12.8. The van der Waals surface area contributed by atoms with Gasteiger partial charge >= 0.3 is 0 Å². The number of carbonyl (C=O) groups is 2. The van der Waals surface area contributed by atoms with E-state index in [0.29, 0.717) is 11.1 Å². The predicted molar refractivity (Wildman–Crippen MR) is 94.1 cm³/mol. The molecule has 4 atom stereocenters. The predicted octanol–water partition coefficient (Wildman–Crippen LogP) is 2.54. The van der Waals surface area contributed by atoms with Gasteiger partial charge in [-0.05, 0) is 29.3 Å². The summed E-state index contributed by atoms with van der Waals surface area (Å²) in [5.74, 6) is -1.40. The number of hydrogen-bond acceptors (Lipinski definition) is 5. The normalized spacial score (nSPS) is 33.4. The van der Waals surface area contributed by atoms with Crippen LogP contribution in [0.15, 0.2) is 30.3 Å². The van der Waals surface area contributed by atoms with E-state index in [0.717, 1.165) is 5.69 Å². The van der Waals surface area contributed by atoms with Crippen LogP contribution in [0.5, 0.6) is 0 Å². The first kappa shape index (κ1) is 17.5. The van der Waals surface area contributed by atoms with E-state index in [4.69, 9.17) is 23.2 Å². The fourth-order valence-electron chi connectivity index (χ4n) is 3.45. The van der Waals surface area contributed by atoms with Crippen LogP contribution in [0.4, 0.5) is 5.69 Å². The van der Waals surface area contributed by atoms with Crippen molar-refractivity contribution in [1.29, 1.82) is 10.5 Å². The molecule has 5 nitrogen and oxygen atoms in total. The van der Waals surface area contributed by atoms with Gasteiger partial charge < -0.3 is 4.90 Å². The zero-order valence-corrected chi connectivity index (χ0v) is 15.0. The van der Waals surface area contributed by atoms with E-state index in [1.54, 1.807) is 12.1 Å². The maximum Gasteiger partial charge on any atom is 0.179 e. The monoisotopic (exact) mass is 373 g/mol. The number of nitriles is 2. The molecule has 0 spiro atoms. The van der Waals surface area contributed by atoms with E-state index in [1.807, 2.05) is 43.3 Å². The number of Topliss-reactive ketones (excluding diaryl/α,β-unsaturated/α-hetero) is 2. The number of ketones is 2. The third-order valence-electron chi connectivity index (χ3n) is 4.91. The fourth-order valence-corrected chi connectivity index (χ4v) is 4.02. The van der Waals surface area contributed by atoms with Crippen molar-refractivity contribution in [3.05, 3.63) is 35.9 Å². The number of benzene rings is 1. The van der Waals surface area contributed by atoms with Gasteiger partial charge in [0, 0.05) is 19.8 Å². The molecule has 0 bridgehead atoms. The Morgan fingerprint density at radius 2 is 1.56 bits per heavy atom. The molecule has 2 aliphatic carbocycles. The van der Waals surface area contributed by atoms with E-state index in [1.165, 1.54) is 6.08 Å². The molecule has 3 rings (SSSR count).